The van der Waals surface area contributed by atoms with E-state index in [1.54, 1.807) is 29.0 Å². The number of fused-ring (bicyclic) bond motifs is 1. The number of aromatic nitrogens is 4. The van der Waals surface area contributed by atoms with Gasteiger partial charge in [-0.15, -0.1) is 0 Å². The fraction of sp³-hybridized carbons (Fsp3) is 0.333. The van der Waals surface area contributed by atoms with Crippen LogP contribution in [0, 0.1) is 0 Å². The maximum Gasteiger partial charge on any atom is 0.255 e. The molecular formula is C21H22ClN5O2. The number of rotatable bonds is 5. The molecule has 0 bridgehead atoms. The van der Waals surface area contributed by atoms with Crippen molar-refractivity contribution in [1.29, 1.82) is 0 Å². The molecule has 3 heterocycles. The van der Waals surface area contributed by atoms with E-state index in [0.29, 0.717) is 35.4 Å². The van der Waals surface area contributed by atoms with Crippen molar-refractivity contribution in [1.82, 2.24) is 19.5 Å². The predicted octanol–water partition coefficient (Wildman–Crippen LogP) is 3.08. The summed E-state index contributed by atoms with van der Waals surface area (Å²) < 4.78 is 1.67. The molecule has 7 nitrogen and oxygen atoms in total. The third kappa shape index (κ3) is 4.02. The van der Waals surface area contributed by atoms with E-state index in [4.69, 9.17) is 16.6 Å². The first kappa shape index (κ1) is 19.5. The molecule has 2 atom stereocenters. The zero-order valence-corrected chi connectivity index (χ0v) is 16.8. The molecule has 0 spiro atoms. The molecule has 1 N–H and O–H groups in total. The van der Waals surface area contributed by atoms with Crippen LogP contribution in [0.3, 0.4) is 0 Å². The molecule has 0 saturated carbocycles. The van der Waals surface area contributed by atoms with Crippen LogP contribution in [0.5, 0.6) is 0 Å². The highest BCUT2D eigenvalue weighted by molar-refractivity contribution is 6.30. The molecule has 1 aromatic carbocycles. The van der Waals surface area contributed by atoms with Crippen molar-refractivity contribution in [3.8, 4) is 11.4 Å². The van der Waals surface area contributed by atoms with Crippen LogP contribution in [-0.2, 0) is 6.54 Å². The van der Waals surface area contributed by atoms with Crippen LogP contribution in [0.4, 0.5) is 5.95 Å². The fourth-order valence-corrected chi connectivity index (χ4v) is 3.85. The zero-order chi connectivity index (χ0) is 20.4. The zero-order valence-electron chi connectivity index (χ0n) is 16.1. The van der Waals surface area contributed by atoms with E-state index < -0.39 is 6.10 Å². The summed E-state index contributed by atoms with van der Waals surface area (Å²) in [5, 5.41) is 11.5. The van der Waals surface area contributed by atoms with Crippen LogP contribution in [0.15, 0.2) is 53.7 Å². The highest BCUT2D eigenvalue weighted by Crippen LogP contribution is 2.28. The summed E-state index contributed by atoms with van der Waals surface area (Å²) in [6, 6.07) is 10.6. The van der Waals surface area contributed by atoms with Crippen molar-refractivity contribution < 1.29 is 5.11 Å². The Morgan fingerprint density at radius 1 is 1.24 bits per heavy atom. The van der Waals surface area contributed by atoms with Gasteiger partial charge in [-0.3, -0.25) is 9.36 Å². The van der Waals surface area contributed by atoms with Gasteiger partial charge in [-0.05, 0) is 36.6 Å². The number of halogens is 1. The lowest BCUT2D eigenvalue weighted by Gasteiger charge is -2.39. The van der Waals surface area contributed by atoms with E-state index in [1.807, 2.05) is 17.0 Å². The smallest absolute Gasteiger partial charge is 0.255 e. The number of nitrogens with zero attached hydrogens (tertiary/aromatic N) is 5. The molecule has 0 saturated heterocycles. The normalized spacial score (nSPS) is 17.1. The van der Waals surface area contributed by atoms with Gasteiger partial charge in [0, 0.05) is 29.9 Å². The average molecular weight is 412 g/mol. The van der Waals surface area contributed by atoms with Gasteiger partial charge in [0.25, 0.3) is 5.56 Å². The third-order valence-electron chi connectivity index (χ3n) is 5.31. The molecule has 1 aliphatic heterocycles. The topological polar surface area (TPSA) is 84.1 Å². The average Bonchev–Trinajstić information content (AvgIpc) is 2.75. The molecule has 3 aromatic rings. The van der Waals surface area contributed by atoms with Crippen molar-refractivity contribution in [2.75, 3.05) is 11.4 Å². The molecule has 1 aliphatic rings. The summed E-state index contributed by atoms with van der Waals surface area (Å²) >= 11 is 5.96. The van der Waals surface area contributed by atoms with E-state index in [0.717, 1.165) is 18.4 Å². The second-order valence-corrected chi connectivity index (χ2v) is 7.53. The van der Waals surface area contributed by atoms with Crippen LogP contribution in [0.1, 0.15) is 31.4 Å². The summed E-state index contributed by atoms with van der Waals surface area (Å²) in [7, 11) is 0. The molecule has 0 radical (unpaired) electrons. The van der Waals surface area contributed by atoms with Gasteiger partial charge in [0.2, 0.25) is 5.95 Å². The lowest BCUT2D eigenvalue weighted by Crippen LogP contribution is -2.47. The number of hydrogen-bond donors (Lipinski definition) is 1. The second-order valence-electron chi connectivity index (χ2n) is 7.10. The van der Waals surface area contributed by atoms with Crippen molar-refractivity contribution in [3.63, 3.8) is 0 Å². The van der Waals surface area contributed by atoms with E-state index in [2.05, 4.69) is 16.9 Å². The van der Waals surface area contributed by atoms with Gasteiger partial charge in [0.05, 0.1) is 24.0 Å². The molecule has 8 heteroatoms. The molecule has 4 rings (SSSR count). The monoisotopic (exact) mass is 411 g/mol. The molecule has 0 amide bonds. The Bertz CT molecular complexity index is 1040. The SMILES string of the molecule is CCC1CCn2c(nc(-c3ccncn3)cc2=O)N1CC(O)c1ccc(Cl)cc1. The predicted molar refractivity (Wildman–Crippen MR) is 112 cm³/mol. The number of aliphatic hydroxyl groups is 1. The van der Waals surface area contributed by atoms with E-state index in [9.17, 15) is 9.90 Å². The molecular weight excluding hydrogens is 390 g/mol. The maximum absolute atomic E-state index is 12.8. The lowest BCUT2D eigenvalue weighted by molar-refractivity contribution is 0.176. The first-order valence-electron chi connectivity index (χ1n) is 9.65. The Balaban J connectivity index is 1.73. The van der Waals surface area contributed by atoms with Crippen molar-refractivity contribution >= 4 is 17.5 Å². The highest BCUT2D eigenvalue weighted by Gasteiger charge is 2.29. The Morgan fingerprint density at radius 2 is 2.03 bits per heavy atom. The highest BCUT2D eigenvalue weighted by atomic mass is 35.5. The minimum absolute atomic E-state index is 0.121. The minimum Gasteiger partial charge on any atom is -0.387 e. The van der Waals surface area contributed by atoms with Crippen LogP contribution in [0.2, 0.25) is 5.02 Å². The van der Waals surface area contributed by atoms with Gasteiger partial charge in [-0.2, -0.15) is 0 Å². The summed E-state index contributed by atoms with van der Waals surface area (Å²) in [6.07, 6.45) is 4.04. The number of aliphatic hydroxyl groups excluding tert-OH is 1. The van der Waals surface area contributed by atoms with Crippen LogP contribution in [-0.4, -0.2) is 37.2 Å². The summed E-state index contributed by atoms with van der Waals surface area (Å²) in [5.41, 5.74) is 1.75. The van der Waals surface area contributed by atoms with Crippen LogP contribution in [0.25, 0.3) is 11.4 Å². The van der Waals surface area contributed by atoms with Crippen molar-refractivity contribution in [2.24, 2.45) is 0 Å². The number of anilines is 1. The minimum atomic E-state index is -0.729. The quantitative estimate of drug-likeness (QED) is 0.694. The first-order valence-corrected chi connectivity index (χ1v) is 10.0. The van der Waals surface area contributed by atoms with Crippen LogP contribution < -0.4 is 10.5 Å². The number of β-amino-alcohol motifs (C(OH)–C–C–N with tert-alkyl or cyclic N) is 1. The molecule has 2 aromatic heterocycles. The molecule has 0 fully saturated rings. The summed E-state index contributed by atoms with van der Waals surface area (Å²) in [4.78, 5) is 27.7. The Hall–Kier alpha value is -2.77. The Labute approximate surface area is 173 Å². The lowest BCUT2D eigenvalue weighted by atomic mass is 10.0. The first-order chi connectivity index (χ1) is 14.1. The third-order valence-corrected chi connectivity index (χ3v) is 5.56. The van der Waals surface area contributed by atoms with E-state index >= 15 is 0 Å². The molecule has 29 heavy (non-hydrogen) atoms. The van der Waals surface area contributed by atoms with E-state index in [1.165, 1.54) is 12.4 Å². The van der Waals surface area contributed by atoms with Gasteiger partial charge in [-0.1, -0.05) is 30.7 Å². The van der Waals surface area contributed by atoms with Crippen molar-refractivity contribution in [2.45, 2.75) is 38.5 Å². The summed E-state index contributed by atoms with van der Waals surface area (Å²) in [6.45, 7) is 3.05. The largest absolute Gasteiger partial charge is 0.387 e. The van der Waals surface area contributed by atoms with Gasteiger partial charge < -0.3 is 10.0 Å². The maximum atomic E-state index is 12.8. The summed E-state index contributed by atoms with van der Waals surface area (Å²) in [5.74, 6) is 0.567. The Kier molecular flexibility index (Phi) is 5.60. The van der Waals surface area contributed by atoms with Gasteiger partial charge in [0.1, 0.15) is 6.33 Å². The van der Waals surface area contributed by atoms with Gasteiger partial charge >= 0.3 is 0 Å². The van der Waals surface area contributed by atoms with Crippen LogP contribution >= 0.6 is 11.6 Å². The number of benzene rings is 1. The van der Waals surface area contributed by atoms with E-state index in [-0.39, 0.29) is 11.6 Å². The fourth-order valence-electron chi connectivity index (χ4n) is 3.73. The Morgan fingerprint density at radius 3 is 2.72 bits per heavy atom. The molecule has 0 aliphatic carbocycles. The second kappa shape index (κ2) is 8.31. The van der Waals surface area contributed by atoms with Gasteiger partial charge in [-0.25, -0.2) is 15.0 Å². The molecule has 150 valence electrons. The molecule has 2 unspecified atom stereocenters. The van der Waals surface area contributed by atoms with Gasteiger partial charge in [0.15, 0.2) is 0 Å². The standard InChI is InChI=1S/C21H22ClN5O2/c1-2-16-8-10-26-20(29)11-18(17-7-9-23-13-24-17)25-21(26)27(16)12-19(28)14-3-5-15(22)6-4-14/h3-7,9,11,13,16,19,28H,2,8,10,12H2,1H3. The van der Waals surface area contributed by atoms with Crippen molar-refractivity contribution in [3.05, 3.63) is 69.9 Å². The number of hydrogen-bond acceptors (Lipinski definition) is 6.